The van der Waals surface area contributed by atoms with Crippen LogP contribution < -0.4 is 5.32 Å². The van der Waals surface area contributed by atoms with Crippen LogP contribution in [-0.2, 0) is 0 Å². The Hall–Kier alpha value is -1.62. The van der Waals surface area contributed by atoms with Gasteiger partial charge in [0, 0.05) is 30.9 Å². The molecule has 1 N–H and O–H groups in total. The number of hydrogen-bond acceptors (Lipinski definition) is 4. The molecule has 0 unspecified atom stereocenters. The zero-order valence-electron chi connectivity index (χ0n) is 13.3. The van der Waals surface area contributed by atoms with E-state index in [0.29, 0.717) is 5.92 Å². The highest BCUT2D eigenvalue weighted by molar-refractivity contribution is 5.50. The third-order valence-electron chi connectivity index (χ3n) is 4.09. The first-order chi connectivity index (χ1) is 10.1. The van der Waals surface area contributed by atoms with Gasteiger partial charge in [-0.2, -0.15) is 9.61 Å². The maximum Gasteiger partial charge on any atom is 0.157 e. The van der Waals surface area contributed by atoms with E-state index in [4.69, 9.17) is 4.98 Å². The van der Waals surface area contributed by atoms with Gasteiger partial charge in [0.1, 0.15) is 5.82 Å². The van der Waals surface area contributed by atoms with Crippen LogP contribution in [0.3, 0.4) is 0 Å². The van der Waals surface area contributed by atoms with Gasteiger partial charge in [-0.3, -0.25) is 0 Å². The predicted molar refractivity (Wildman–Crippen MR) is 86.0 cm³/mol. The molecule has 2 aromatic rings. The second-order valence-electron chi connectivity index (χ2n) is 6.25. The standard InChI is InChI=1S/C16H25N5/c1-12(2)14-11-15(17-6-9-20-7-4-5-8-20)21-16(18-14)10-13(3)19-21/h10-12,17H,4-9H2,1-3H3. The molecule has 3 rings (SSSR count). The summed E-state index contributed by atoms with van der Waals surface area (Å²) >= 11 is 0. The zero-order chi connectivity index (χ0) is 14.8. The van der Waals surface area contributed by atoms with E-state index in [-0.39, 0.29) is 0 Å². The average molecular weight is 287 g/mol. The van der Waals surface area contributed by atoms with Crippen LogP contribution in [0.15, 0.2) is 12.1 Å². The Morgan fingerprint density at radius 3 is 2.71 bits per heavy atom. The highest BCUT2D eigenvalue weighted by atomic mass is 15.3. The smallest absolute Gasteiger partial charge is 0.157 e. The first kappa shape index (κ1) is 14.3. The molecule has 1 saturated heterocycles. The van der Waals surface area contributed by atoms with Crippen LogP contribution in [0.4, 0.5) is 5.82 Å². The fraction of sp³-hybridized carbons (Fsp3) is 0.625. The van der Waals surface area contributed by atoms with Crippen molar-refractivity contribution in [1.29, 1.82) is 0 Å². The summed E-state index contributed by atoms with van der Waals surface area (Å²) in [5, 5.41) is 8.08. The van der Waals surface area contributed by atoms with E-state index < -0.39 is 0 Å². The van der Waals surface area contributed by atoms with Gasteiger partial charge in [0.05, 0.1) is 5.69 Å². The van der Waals surface area contributed by atoms with Crippen molar-refractivity contribution in [2.75, 3.05) is 31.5 Å². The van der Waals surface area contributed by atoms with Crippen molar-refractivity contribution in [3.8, 4) is 0 Å². The Kier molecular flexibility index (Phi) is 4.10. The van der Waals surface area contributed by atoms with Crippen molar-refractivity contribution in [1.82, 2.24) is 19.5 Å². The summed E-state index contributed by atoms with van der Waals surface area (Å²) in [5.74, 6) is 1.47. The van der Waals surface area contributed by atoms with Crippen LogP contribution in [-0.4, -0.2) is 45.7 Å². The van der Waals surface area contributed by atoms with Crippen molar-refractivity contribution >= 4 is 11.5 Å². The monoisotopic (exact) mass is 287 g/mol. The predicted octanol–water partition coefficient (Wildman–Crippen LogP) is 2.67. The maximum absolute atomic E-state index is 4.69. The van der Waals surface area contributed by atoms with Gasteiger partial charge >= 0.3 is 0 Å². The summed E-state index contributed by atoms with van der Waals surface area (Å²) < 4.78 is 1.92. The summed E-state index contributed by atoms with van der Waals surface area (Å²) in [6, 6.07) is 4.17. The van der Waals surface area contributed by atoms with Crippen molar-refractivity contribution in [3.05, 3.63) is 23.5 Å². The number of likely N-dealkylation sites (tertiary alicyclic amines) is 1. The normalized spacial score (nSPS) is 16.2. The lowest BCUT2D eigenvalue weighted by Crippen LogP contribution is -2.26. The van der Waals surface area contributed by atoms with Crippen LogP contribution >= 0.6 is 0 Å². The third-order valence-corrected chi connectivity index (χ3v) is 4.09. The van der Waals surface area contributed by atoms with Gasteiger partial charge in [0.25, 0.3) is 0 Å². The summed E-state index contributed by atoms with van der Waals surface area (Å²) in [6.45, 7) is 10.9. The van der Waals surface area contributed by atoms with E-state index in [2.05, 4.69) is 35.2 Å². The molecule has 2 aromatic heterocycles. The molecule has 5 heteroatoms. The van der Waals surface area contributed by atoms with Gasteiger partial charge in [-0.15, -0.1) is 0 Å². The number of aryl methyl sites for hydroxylation is 1. The van der Waals surface area contributed by atoms with Gasteiger partial charge in [0.2, 0.25) is 0 Å². The minimum atomic E-state index is 0.421. The fourth-order valence-corrected chi connectivity index (χ4v) is 2.88. The molecule has 114 valence electrons. The SMILES string of the molecule is Cc1cc2nc(C(C)C)cc(NCCN3CCCC3)n2n1. The van der Waals surface area contributed by atoms with E-state index in [1.54, 1.807) is 0 Å². The molecule has 5 nitrogen and oxygen atoms in total. The molecule has 0 atom stereocenters. The molecule has 0 saturated carbocycles. The minimum Gasteiger partial charge on any atom is -0.369 e. The number of rotatable bonds is 5. The Labute approximate surface area is 126 Å². The van der Waals surface area contributed by atoms with E-state index >= 15 is 0 Å². The zero-order valence-corrected chi connectivity index (χ0v) is 13.3. The van der Waals surface area contributed by atoms with Gasteiger partial charge < -0.3 is 10.2 Å². The van der Waals surface area contributed by atoms with Crippen LogP contribution in [0.25, 0.3) is 5.65 Å². The second kappa shape index (κ2) is 6.02. The second-order valence-corrected chi connectivity index (χ2v) is 6.25. The molecule has 1 aliphatic rings. The topological polar surface area (TPSA) is 45.5 Å². The number of hydrogen-bond donors (Lipinski definition) is 1. The van der Waals surface area contributed by atoms with E-state index in [9.17, 15) is 0 Å². The molecule has 3 heterocycles. The summed E-state index contributed by atoms with van der Waals surface area (Å²) in [5.41, 5.74) is 3.06. The molecular weight excluding hydrogens is 262 g/mol. The van der Waals surface area contributed by atoms with Crippen LogP contribution in [0.2, 0.25) is 0 Å². The Balaban J connectivity index is 1.78. The molecule has 21 heavy (non-hydrogen) atoms. The lowest BCUT2D eigenvalue weighted by atomic mass is 10.1. The van der Waals surface area contributed by atoms with Gasteiger partial charge in [0.15, 0.2) is 5.65 Å². The largest absolute Gasteiger partial charge is 0.369 e. The number of aromatic nitrogens is 3. The molecular formula is C16H25N5. The highest BCUT2D eigenvalue weighted by Crippen LogP contribution is 2.19. The molecule has 0 radical (unpaired) electrons. The Morgan fingerprint density at radius 1 is 1.24 bits per heavy atom. The number of anilines is 1. The van der Waals surface area contributed by atoms with Crippen molar-refractivity contribution in [3.63, 3.8) is 0 Å². The number of nitrogens with one attached hydrogen (secondary N) is 1. The average Bonchev–Trinajstić information content (AvgIpc) is 3.06. The lowest BCUT2D eigenvalue weighted by Gasteiger charge is -2.16. The van der Waals surface area contributed by atoms with Gasteiger partial charge in [-0.05, 0) is 38.8 Å². The van der Waals surface area contributed by atoms with Gasteiger partial charge in [-0.25, -0.2) is 4.98 Å². The molecule has 1 aliphatic heterocycles. The quantitative estimate of drug-likeness (QED) is 0.918. The third kappa shape index (κ3) is 3.18. The first-order valence-electron chi connectivity index (χ1n) is 7.97. The molecule has 0 spiro atoms. The minimum absolute atomic E-state index is 0.421. The highest BCUT2D eigenvalue weighted by Gasteiger charge is 2.12. The van der Waals surface area contributed by atoms with Crippen LogP contribution in [0, 0.1) is 6.92 Å². The van der Waals surface area contributed by atoms with Crippen LogP contribution in [0.5, 0.6) is 0 Å². The van der Waals surface area contributed by atoms with Crippen molar-refractivity contribution < 1.29 is 0 Å². The van der Waals surface area contributed by atoms with Crippen molar-refractivity contribution in [2.45, 2.75) is 39.5 Å². The number of fused-ring (bicyclic) bond motifs is 1. The maximum atomic E-state index is 4.69. The Morgan fingerprint density at radius 2 is 2.00 bits per heavy atom. The van der Waals surface area contributed by atoms with E-state index in [1.165, 1.54) is 25.9 Å². The molecule has 1 fully saturated rings. The Bertz CT molecular complexity index is 610. The molecule has 0 aromatic carbocycles. The van der Waals surface area contributed by atoms with E-state index in [0.717, 1.165) is 35.9 Å². The van der Waals surface area contributed by atoms with Crippen molar-refractivity contribution in [2.24, 2.45) is 0 Å². The van der Waals surface area contributed by atoms with Gasteiger partial charge in [-0.1, -0.05) is 13.8 Å². The van der Waals surface area contributed by atoms with Crippen LogP contribution in [0.1, 0.15) is 44.0 Å². The molecule has 0 bridgehead atoms. The number of nitrogens with zero attached hydrogens (tertiary/aromatic N) is 4. The molecule has 0 aliphatic carbocycles. The summed E-state index contributed by atoms with van der Waals surface area (Å²) in [6.07, 6.45) is 2.69. The fourth-order valence-electron chi connectivity index (χ4n) is 2.88. The molecule has 0 amide bonds. The summed E-state index contributed by atoms with van der Waals surface area (Å²) in [4.78, 5) is 7.21. The first-order valence-corrected chi connectivity index (χ1v) is 7.97. The summed E-state index contributed by atoms with van der Waals surface area (Å²) in [7, 11) is 0. The lowest BCUT2D eigenvalue weighted by molar-refractivity contribution is 0.352. The van der Waals surface area contributed by atoms with E-state index in [1.807, 2.05) is 17.5 Å².